The van der Waals surface area contributed by atoms with E-state index in [2.05, 4.69) is 12.2 Å². The Morgan fingerprint density at radius 2 is 2.12 bits per heavy atom. The SMILES string of the molecule is CCC(CC)(CO)NC(=O)N1CCCC(C)C1. The molecule has 2 N–H and O–H groups in total. The summed E-state index contributed by atoms with van der Waals surface area (Å²) in [6.07, 6.45) is 3.81. The van der Waals surface area contributed by atoms with E-state index < -0.39 is 5.54 Å². The van der Waals surface area contributed by atoms with Gasteiger partial charge in [-0.2, -0.15) is 0 Å². The van der Waals surface area contributed by atoms with E-state index in [9.17, 15) is 9.90 Å². The lowest BCUT2D eigenvalue weighted by Gasteiger charge is -2.36. The van der Waals surface area contributed by atoms with Gasteiger partial charge in [-0.05, 0) is 31.6 Å². The van der Waals surface area contributed by atoms with Crippen LogP contribution in [0.3, 0.4) is 0 Å². The molecule has 0 bridgehead atoms. The Morgan fingerprint density at radius 1 is 1.47 bits per heavy atom. The van der Waals surface area contributed by atoms with Crippen molar-refractivity contribution in [2.45, 2.75) is 52.0 Å². The number of urea groups is 1. The number of aliphatic hydroxyl groups is 1. The number of nitrogens with zero attached hydrogens (tertiary/aromatic N) is 1. The zero-order valence-corrected chi connectivity index (χ0v) is 11.3. The summed E-state index contributed by atoms with van der Waals surface area (Å²) < 4.78 is 0. The van der Waals surface area contributed by atoms with Gasteiger partial charge in [0.15, 0.2) is 0 Å². The van der Waals surface area contributed by atoms with Crippen LogP contribution in [0.5, 0.6) is 0 Å². The van der Waals surface area contributed by atoms with Gasteiger partial charge >= 0.3 is 6.03 Å². The fourth-order valence-corrected chi connectivity index (χ4v) is 2.37. The van der Waals surface area contributed by atoms with Crippen LogP contribution in [0.4, 0.5) is 4.79 Å². The lowest BCUT2D eigenvalue weighted by Crippen LogP contribution is -2.56. The number of rotatable bonds is 4. The highest BCUT2D eigenvalue weighted by Crippen LogP contribution is 2.18. The molecule has 0 aromatic rings. The Labute approximate surface area is 104 Å². The summed E-state index contributed by atoms with van der Waals surface area (Å²) in [6, 6.07) is -0.0192. The Morgan fingerprint density at radius 3 is 2.59 bits per heavy atom. The van der Waals surface area contributed by atoms with Gasteiger partial charge < -0.3 is 15.3 Å². The van der Waals surface area contributed by atoms with E-state index in [-0.39, 0.29) is 12.6 Å². The van der Waals surface area contributed by atoms with Crippen molar-refractivity contribution < 1.29 is 9.90 Å². The van der Waals surface area contributed by atoms with Crippen molar-refractivity contribution in [3.8, 4) is 0 Å². The van der Waals surface area contributed by atoms with Crippen LogP contribution in [-0.4, -0.2) is 41.3 Å². The molecule has 4 heteroatoms. The maximum Gasteiger partial charge on any atom is 0.317 e. The molecule has 0 aliphatic carbocycles. The first kappa shape index (κ1) is 14.3. The molecule has 1 aliphatic rings. The van der Waals surface area contributed by atoms with Crippen LogP contribution >= 0.6 is 0 Å². The molecule has 0 spiro atoms. The summed E-state index contributed by atoms with van der Waals surface area (Å²) in [5.41, 5.74) is -0.447. The van der Waals surface area contributed by atoms with E-state index in [1.165, 1.54) is 6.42 Å². The van der Waals surface area contributed by atoms with Crippen molar-refractivity contribution in [3.05, 3.63) is 0 Å². The molecule has 17 heavy (non-hydrogen) atoms. The number of hydrogen-bond donors (Lipinski definition) is 2. The third-order valence-corrected chi connectivity index (χ3v) is 3.97. The summed E-state index contributed by atoms with van der Waals surface area (Å²) in [5, 5.41) is 12.4. The lowest BCUT2D eigenvalue weighted by atomic mass is 9.94. The van der Waals surface area contributed by atoms with Gasteiger partial charge in [0.05, 0.1) is 12.1 Å². The number of likely N-dealkylation sites (tertiary alicyclic amines) is 1. The minimum atomic E-state index is -0.447. The first-order valence-corrected chi connectivity index (χ1v) is 6.75. The Kier molecular flexibility index (Phi) is 5.25. The molecule has 0 aromatic heterocycles. The second-order valence-electron chi connectivity index (χ2n) is 5.27. The second kappa shape index (κ2) is 6.24. The number of piperidine rings is 1. The van der Waals surface area contributed by atoms with Gasteiger partial charge in [-0.1, -0.05) is 20.8 Å². The largest absolute Gasteiger partial charge is 0.394 e. The van der Waals surface area contributed by atoms with E-state index in [1.54, 1.807) is 0 Å². The third-order valence-electron chi connectivity index (χ3n) is 3.97. The van der Waals surface area contributed by atoms with Crippen LogP contribution < -0.4 is 5.32 Å². The molecule has 4 nitrogen and oxygen atoms in total. The number of aliphatic hydroxyl groups excluding tert-OH is 1. The molecule has 0 saturated carbocycles. The molecule has 1 unspecified atom stereocenters. The molecule has 1 rings (SSSR count). The van der Waals surface area contributed by atoms with Crippen LogP contribution in [0, 0.1) is 5.92 Å². The molecule has 0 radical (unpaired) electrons. The predicted molar refractivity (Wildman–Crippen MR) is 68.9 cm³/mol. The summed E-state index contributed by atoms with van der Waals surface area (Å²) in [7, 11) is 0. The average Bonchev–Trinajstić information content (AvgIpc) is 2.36. The van der Waals surface area contributed by atoms with Gasteiger partial charge in [-0.3, -0.25) is 0 Å². The summed E-state index contributed by atoms with van der Waals surface area (Å²) in [6.45, 7) is 7.86. The van der Waals surface area contributed by atoms with Crippen LogP contribution in [0.1, 0.15) is 46.5 Å². The van der Waals surface area contributed by atoms with E-state index in [1.807, 2.05) is 18.7 Å². The molecule has 1 saturated heterocycles. The highest BCUT2D eigenvalue weighted by Gasteiger charge is 2.30. The molecular weight excluding hydrogens is 216 g/mol. The Hall–Kier alpha value is -0.770. The first-order chi connectivity index (χ1) is 8.06. The van der Waals surface area contributed by atoms with E-state index in [0.717, 1.165) is 32.4 Å². The van der Waals surface area contributed by atoms with Crippen molar-refractivity contribution in [2.75, 3.05) is 19.7 Å². The van der Waals surface area contributed by atoms with Crippen molar-refractivity contribution >= 4 is 6.03 Å². The van der Waals surface area contributed by atoms with Gasteiger partial charge in [0, 0.05) is 13.1 Å². The molecule has 100 valence electrons. The molecule has 2 amide bonds. The first-order valence-electron chi connectivity index (χ1n) is 6.75. The fourth-order valence-electron chi connectivity index (χ4n) is 2.37. The average molecular weight is 242 g/mol. The number of hydrogen-bond acceptors (Lipinski definition) is 2. The highest BCUT2D eigenvalue weighted by molar-refractivity contribution is 5.75. The Bertz CT molecular complexity index is 244. The molecule has 1 heterocycles. The van der Waals surface area contributed by atoms with Gasteiger partial charge in [-0.25, -0.2) is 4.79 Å². The Balaban J connectivity index is 2.57. The topological polar surface area (TPSA) is 52.6 Å². The summed E-state index contributed by atoms with van der Waals surface area (Å²) >= 11 is 0. The molecule has 1 fully saturated rings. The van der Waals surface area contributed by atoms with E-state index >= 15 is 0 Å². The zero-order chi connectivity index (χ0) is 12.9. The van der Waals surface area contributed by atoms with Crippen molar-refractivity contribution in [1.82, 2.24) is 10.2 Å². The molecule has 0 aromatic carbocycles. The minimum absolute atomic E-state index is 0.00906. The van der Waals surface area contributed by atoms with Crippen LogP contribution in [0.25, 0.3) is 0 Å². The lowest BCUT2D eigenvalue weighted by molar-refractivity contribution is 0.125. The zero-order valence-electron chi connectivity index (χ0n) is 11.3. The number of carbonyl (C=O) groups is 1. The quantitative estimate of drug-likeness (QED) is 0.792. The predicted octanol–water partition coefficient (Wildman–Crippen LogP) is 1.98. The smallest absolute Gasteiger partial charge is 0.317 e. The van der Waals surface area contributed by atoms with Crippen LogP contribution in [0.15, 0.2) is 0 Å². The van der Waals surface area contributed by atoms with Crippen LogP contribution in [0.2, 0.25) is 0 Å². The maximum absolute atomic E-state index is 12.1. The standard InChI is InChI=1S/C13H26N2O2/c1-4-13(5-2,10-16)14-12(17)15-8-6-7-11(3)9-15/h11,16H,4-10H2,1-3H3,(H,14,17). The number of amides is 2. The maximum atomic E-state index is 12.1. The fraction of sp³-hybridized carbons (Fsp3) is 0.923. The normalized spacial score (nSPS) is 21.4. The van der Waals surface area contributed by atoms with Crippen LogP contribution in [-0.2, 0) is 0 Å². The molecule has 1 aliphatic heterocycles. The molecular formula is C13H26N2O2. The van der Waals surface area contributed by atoms with E-state index in [0.29, 0.717) is 5.92 Å². The second-order valence-corrected chi connectivity index (χ2v) is 5.27. The highest BCUT2D eigenvalue weighted by atomic mass is 16.3. The minimum Gasteiger partial charge on any atom is -0.394 e. The van der Waals surface area contributed by atoms with Gasteiger partial charge in [0.2, 0.25) is 0 Å². The summed E-state index contributed by atoms with van der Waals surface area (Å²) in [5.74, 6) is 0.585. The van der Waals surface area contributed by atoms with Gasteiger partial charge in [0.1, 0.15) is 0 Å². The monoisotopic (exact) mass is 242 g/mol. The summed E-state index contributed by atoms with van der Waals surface area (Å²) in [4.78, 5) is 14.0. The van der Waals surface area contributed by atoms with Crippen molar-refractivity contribution in [1.29, 1.82) is 0 Å². The van der Waals surface area contributed by atoms with E-state index in [4.69, 9.17) is 0 Å². The van der Waals surface area contributed by atoms with Gasteiger partial charge in [0.25, 0.3) is 0 Å². The van der Waals surface area contributed by atoms with Crippen molar-refractivity contribution in [2.24, 2.45) is 5.92 Å². The molecule has 1 atom stereocenters. The van der Waals surface area contributed by atoms with Crippen molar-refractivity contribution in [3.63, 3.8) is 0 Å². The van der Waals surface area contributed by atoms with Gasteiger partial charge in [-0.15, -0.1) is 0 Å². The number of carbonyl (C=O) groups excluding carboxylic acids is 1. The number of nitrogens with one attached hydrogen (secondary N) is 1. The third kappa shape index (κ3) is 3.60.